The maximum atomic E-state index is 12.1. The predicted molar refractivity (Wildman–Crippen MR) is 93.7 cm³/mol. The zero-order valence-corrected chi connectivity index (χ0v) is 14.9. The van der Waals surface area contributed by atoms with Crippen LogP contribution in [0.3, 0.4) is 0 Å². The lowest BCUT2D eigenvalue weighted by Gasteiger charge is -2.19. The van der Waals surface area contributed by atoms with Crippen LogP contribution in [0.5, 0.6) is 0 Å². The molecule has 2 N–H and O–H groups in total. The molecule has 0 atom stereocenters. The molecular formula is C18H29N3O2. The van der Waals surface area contributed by atoms with Gasteiger partial charge in [0.2, 0.25) is 5.91 Å². The van der Waals surface area contributed by atoms with Gasteiger partial charge in [-0.15, -0.1) is 0 Å². The monoisotopic (exact) mass is 319 g/mol. The van der Waals surface area contributed by atoms with Gasteiger partial charge in [-0.25, -0.2) is 0 Å². The Bertz CT molecular complexity index is 518. The topological polar surface area (TPSA) is 61.4 Å². The SMILES string of the molecule is CNCCN(C)C(=O)CCNC(=O)c1ccc(C(C)(C)C)cc1. The Morgan fingerprint density at radius 2 is 1.70 bits per heavy atom. The van der Waals surface area contributed by atoms with Crippen molar-refractivity contribution in [2.45, 2.75) is 32.6 Å². The van der Waals surface area contributed by atoms with Crippen molar-refractivity contribution in [2.24, 2.45) is 0 Å². The summed E-state index contributed by atoms with van der Waals surface area (Å²) in [5.41, 5.74) is 1.88. The predicted octanol–water partition coefficient (Wildman–Crippen LogP) is 1.78. The third-order valence-electron chi connectivity index (χ3n) is 3.76. The van der Waals surface area contributed by atoms with Crippen molar-refractivity contribution in [1.82, 2.24) is 15.5 Å². The number of hydrogen-bond acceptors (Lipinski definition) is 3. The van der Waals surface area contributed by atoms with Gasteiger partial charge in [0.05, 0.1) is 0 Å². The van der Waals surface area contributed by atoms with E-state index in [1.807, 2.05) is 31.3 Å². The highest BCUT2D eigenvalue weighted by atomic mass is 16.2. The van der Waals surface area contributed by atoms with Crippen molar-refractivity contribution >= 4 is 11.8 Å². The van der Waals surface area contributed by atoms with Gasteiger partial charge in [-0.05, 0) is 30.2 Å². The number of benzene rings is 1. The molecule has 1 aromatic carbocycles. The molecule has 0 bridgehead atoms. The number of carbonyl (C=O) groups is 2. The molecule has 2 amide bonds. The number of rotatable bonds is 7. The molecule has 0 radical (unpaired) electrons. The number of carbonyl (C=O) groups excluding carboxylic acids is 2. The molecule has 0 unspecified atom stereocenters. The summed E-state index contributed by atoms with van der Waals surface area (Å²) in [5.74, 6) is -0.111. The molecule has 0 fully saturated rings. The first-order valence-corrected chi connectivity index (χ1v) is 8.03. The third-order valence-corrected chi connectivity index (χ3v) is 3.76. The fraction of sp³-hybridized carbons (Fsp3) is 0.556. The van der Waals surface area contributed by atoms with E-state index >= 15 is 0 Å². The summed E-state index contributed by atoms with van der Waals surface area (Å²) >= 11 is 0. The molecule has 0 saturated heterocycles. The van der Waals surface area contributed by atoms with E-state index in [0.29, 0.717) is 25.1 Å². The number of likely N-dealkylation sites (N-methyl/N-ethyl adjacent to an activating group) is 2. The van der Waals surface area contributed by atoms with Crippen LogP contribution < -0.4 is 10.6 Å². The van der Waals surface area contributed by atoms with Crippen LogP contribution in [0.15, 0.2) is 24.3 Å². The summed E-state index contributed by atoms with van der Waals surface area (Å²) in [6, 6.07) is 7.62. The number of amides is 2. The second kappa shape index (κ2) is 8.67. The lowest BCUT2D eigenvalue weighted by atomic mass is 9.87. The number of nitrogens with one attached hydrogen (secondary N) is 2. The minimum Gasteiger partial charge on any atom is -0.352 e. The van der Waals surface area contributed by atoms with E-state index in [1.165, 1.54) is 5.56 Å². The van der Waals surface area contributed by atoms with Gasteiger partial charge in [0, 0.05) is 38.7 Å². The van der Waals surface area contributed by atoms with E-state index in [-0.39, 0.29) is 17.2 Å². The first-order valence-electron chi connectivity index (χ1n) is 8.03. The highest BCUT2D eigenvalue weighted by Gasteiger charge is 2.14. The van der Waals surface area contributed by atoms with Gasteiger partial charge in [0.1, 0.15) is 0 Å². The average Bonchev–Trinajstić information content (AvgIpc) is 2.51. The van der Waals surface area contributed by atoms with Crippen LogP contribution in [-0.4, -0.2) is 50.4 Å². The minimum atomic E-state index is -0.142. The summed E-state index contributed by atoms with van der Waals surface area (Å²) in [5, 5.41) is 5.80. The van der Waals surface area contributed by atoms with Crippen LogP contribution in [-0.2, 0) is 10.2 Å². The fourth-order valence-corrected chi connectivity index (χ4v) is 2.10. The highest BCUT2D eigenvalue weighted by Crippen LogP contribution is 2.22. The van der Waals surface area contributed by atoms with E-state index in [0.717, 1.165) is 6.54 Å². The Labute approximate surface area is 139 Å². The van der Waals surface area contributed by atoms with Gasteiger partial charge in [-0.1, -0.05) is 32.9 Å². The molecule has 1 aromatic rings. The van der Waals surface area contributed by atoms with E-state index in [1.54, 1.807) is 11.9 Å². The van der Waals surface area contributed by atoms with Crippen LogP contribution in [0.1, 0.15) is 43.1 Å². The first kappa shape index (κ1) is 19.2. The molecule has 0 heterocycles. The van der Waals surface area contributed by atoms with Crippen LogP contribution in [0, 0.1) is 0 Å². The van der Waals surface area contributed by atoms with Crippen molar-refractivity contribution in [3.63, 3.8) is 0 Å². The molecule has 5 nitrogen and oxygen atoms in total. The molecule has 1 rings (SSSR count). The number of hydrogen-bond donors (Lipinski definition) is 2. The zero-order chi connectivity index (χ0) is 17.5. The van der Waals surface area contributed by atoms with Crippen LogP contribution in [0.25, 0.3) is 0 Å². The Balaban J connectivity index is 2.44. The normalized spacial score (nSPS) is 11.2. The molecule has 5 heteroatoms. The van der Waals surface area contributed by atoms with E-state index in [2.05, 4.69) is 31.4 Å². The third kappa shape index (κ3) is 6.40. The largest absolute Gasteiger partial charge is 0.352 e. The smallest absolute Gasteiger partial charge is 0.251 e. The Morgan fingerprint density at radius 1 is 1.09 bits per heavy atom. The van der Waals surface area contributed by atoms with Crippen molar-refractivity contribution < 1.29 is 9.59 Å². The van der Waals surface area contributed by atoms with Crippen LogP contribution >= 0.6 is 0 Å². The van der Waals surface area contributed by atoms with Crippen molar-refractivity contribution in [3.05, 3.63) is 35.4 Å². The molecule has 0 saturated carbocycles. The molecule has 0 aromatic heterocycles. The summed E-state index contributed by atoms with van der Waals surface area (Å²) in [6.45, 7) is 8.18. The second-order valence-corrected chi connectivity index (χ2v) is 6.75. The molecule has 23 heavy (non-hydrogen) atoms. The Hall–Kier alpha value is -1.88. The summed E-state index contributed by atoms with van der Waals surface area (Å²) in [7, 11) is 3.62. The second-order valence-electron chi connectivity index (χ2n) is 6.75. The molecule has 0 aliphatic rings. The molecule has 0 aliphatic carbocycles. The Morgan fingerprint density at radius 3 is 2.22 bits per heavy atom. The molecule has 128 valence electrons. The van der Waals surface area contributed by atoms with Crippen molar-refractivity contribution in [3.8, 4) is 0 Å². The van der Waals surface area contributed by atoms with E-state index in [4.69, 9.17) is 0 Å². The minimum absolute atomic E-state index is 0.0311. The Kier molecular flexibility index (Phi) is 7.23. The average molecular weight is 319 g/mol. The van der Waals surface area contributed by atoms with Crippen molar-refractivity contribution in [2.75, 3.05) is 33.7 Å². The fourth-order valence-electron chi connectivity index (χ4n) is 2.10. The zero-order valence-electron chi connectivity index (χ0n) is 14.9. The summed E-state index contributed by atoms with van der Waals surface area (Å²) in [6.07, 6.45) is 0.312. The molecule has 0 spiro atoms. The van der Waals surface area contributed by atoms with Crippen LogP contribution in [0.2, 0.25) is 0 Å². The van der Waals surface area contributed by atoms with Gasteiger partial charge < -0.3 is 15.5 Å². The summed E-state index contributed by atoms with van der Waals surface area (Å²) < 4.78 is 0. The van der Waals surface area contributed by atoms with E-state index < -0.39 is 0 Å². The van der Waals surface area contributed by atoms with Crippen LogP contribution in [0.4, 0.5) is 0 Å². The maximum Gasteiger partial charge on any atom is 0.251 e. The van der Waals surface area contributed by atoms with E-state index in [9.17, 15) is 9.59 Å². The quantitative estimate of drug-likeness (QED) is 0.805. The molecular weight excluding hydrogens is 290 g/mol. The number of nitrogens with zero attached hydrogens (tertiary/aromatic N) is 1. The van der Waals surface area contributed by atoms with Gasteiger partial charge in [-0.3, -0.25) is 9.59 Å². The van der Waals surface area contributed by atoms with Gasteiger partial charge >= 0.3 is 0 Å². The van der Waals surface area contributed by atoms with Crippen molar-refractivity contribution in [1.29, 1.82) is 0 Å². The molecule has 0 aliphatic heterocycles. The standard InChI is InChI=1S/C18H29N3O2/c1-18(2,3)15-8-6-14(7-9-15)17(23)20-11-10-16(22)21(5)13-12-19-4/h6-9,19H,10-13H2,1-5H3,(H,20,23). The van der Waals surface area contributed by atoms with Gasteiger partial charge in [0.15, 0.2) is 0 Å². The highest BCUT2D eigenvalue weighted by molar-refractivity contribution is 5.94. The lowest BCUT2D eigenvalue weighted by molar-refractivity contribution is -0.129. The maximum absolute atomic E-state index is 12.1. The van der Waals surface area contributed by atoms with Gasteiger partial charge in [-0.2, -0.15) is 0 Å². The lowest BCUT2D eigenvalue weighted by Crippen LogP contribution is -2.35. The van der Waals surface area contributed by atoms with Gasteiger partial charge in [0.25, 0.3) is 5.91 Å². The summed E-state index contributed by atoms with van der Waals surface area (Å²) in [4.78, 5) is 25.6. The first-order chi connectivity index (χ1) is 10.8.